The summed E-state index contributed by atoms with van der Waals surface area (Å²) in [6, 6.07) is 12.4. The van der Waals surface area contributed by atoms with Crippen molar-refractivity contribution in [2.45, 2.75) is 23.0 Å². The Balaban J connectivity index is 1.66. The number of ketones is 1. The summed E-state index contributed by atoms with van der Waals surface area (Å²) in [5, 5.41) is 6.93. The number of fused-ring (bicyclic) bond motifs is 1. The van der Waals surface area contributed by atoms with Crippen molar-refractivity contribution in [3.63, 3.8) is 0 Å². The highest BCUT2D eigenvalue weighted by Crippen LogP contribution is 2.36. The number of sulfonamides is 1. The van der Waals surface area contributed by atoms with E-state index in [1.54, 1.807) is 42.5 Å². The van der Waals surface area contributed by atoms with E-state index < -0.39 is 16.1 Å². The van der Waals surface area contributed by atoms with Crippen LogP contribution in [0.25, 0.3) is 0 Å². The third-order valence-corrected chi connectivity index (χ3v) is 6.78. The van der Waals surface area contributed by atoms with Gasteiger partial charge in [0.2, 0.25) is 15.2 Å². The lowest BCUT2D eigenvalue weighted by Crippen LogP contribution is -2.31. The molecular formula is C20H18N4O4S2. The van der Waals surface area contributed by atoms with Crippen molar-refractivity contribution < 1.29 is 17.9 Å². The van der Waals surface area contributed by atoms with E-state index in [0.717, 1.165) is 11.8 Å². The van der Waals surface area contributed by atoms with Crippen molar-refractivity contribution in [1.82, 2.24) is 19.9 Å². The van der Waals surface area contributed by atoms with Gasteiger partial charge in [0.15, 0.2) is 5.78 Å². The molecule has 1 aromatic heterocycles. The smallest absolute Gasteiger partial charge is 0.241 e. The first-order valence-corrected chi connectivity index (χ1v) is 11.4. The number of benzene rings is 2. The number of aromatic nitrogens is 3. The minimum Gasteiger partial charge on any atom is -0.494 e. The molecule has 0 saturated heterocycles. The van der Waals surface area contributed by atoms with Gasteiger partial charge < -0.3 is 4.74 Å². The quantitative estimate of drug-likeness (QED) is 0.578. The standard InChI is InChI=1S/C20H18N4O4S2/c1-2-28-13-7-9-14(10-8-13)30(26,27)24-17-11-18(29-20-21-12-22-23-20)19(25)16-6-4-3-5-15(16)17/h3-12,17,24H,2H2,1H3,(H,21,22,23). The second-order valence-corrected chi connectivity index (χ2v) is 9.06. The van der Waals surface area contributed by atoms with E-state index in [9.17, 15) is 13.2 Å². The fraction of sp³-hybridized carbons (Fsp3) is 0.150. The van der Waals surface area contributed by atoms with Crippen LogP contribution in [0.3, 0.4) is 0 Å². The Hall–Kier alpha value is -2.95. The molecule has 0 spiro atoms. The van der Waals surface area contributed by atoms with Crippen molar-refractivity contribution in [2.75, 3.05) is 6.61 Å². The molecule has 2 aromatic carbocycles. The molecule has 0 bridgehead atoms. The monoisotopic (exact) mass is 442 g/mol. The van der Waals surface area contributed by atoms with E-state index in [4.69, 9.17) is 4.74 Å². The van der Waals surface area contributed by atoms with Crippen LogP contribution in [0.15, 0.2) is 75.9 Å². The van der Waals surface area contributed by atoms with Gasteiger partial charge in [-0.3, -0.25) is 9.89 Å². The van der Waals surface area contributed by atoms with E-state index in [1.165, 1.54) is 18.5 Å². The number of carbonyl (C=O) groups excluding carboxylic acids is 1. The maximum Gasteiger partial charge on any atom is 0.241 e. The van der Waals surface area contributed by atoms with E-state index in [2.05, 4.69) is 19.9 Å². The van der Waals surface area contributed by atoms with Crippen LogP contribution in [-0.4, -0.2) is 36.0 Å². The number of H-pyrrole nitrogens is 1. The highest BCUT2D eigenvalue weighted by molar-refractivity contribution is 8.03. The van der Waals surface area contributed by atoms with Crippen LogP contribution in [-0.2, 0) is 10.0 Å². The van der Waals surface area contributed by atoms with Crippen LogP contribution in [0, 0.1) is 0 Å². The largest absolute Gasteiger partial charge is 0.494 e. The van der Waals surface area contributed by atoms with Crippen molar-refractivity contribution in [2.24, 2.45) is 0 Å². The molecule has 1 unspecified atom stereocenters. The van der Waals surface area contributed by atoms with Crippen molar-refractivity contribution in [3.8, 4) is 5.75 Å². The number of aromatic amines is 1. The number of thioether (sulfide) groups is 1. The number of carbonyl (C=O) groups is 1. The van der Waals surface area contributed by atoms with Gasteiger partial charge in [0.25, 0.3) is 0 Å². The summed E-state index contributed by atoms with van der Waals surface area (Å²) in [6.45, 7) is 2.35. The number of nitrogens with zero attached hydrogens (tertiary/aromatic N) is 2. The molecule has 1 aliphatic carbocycles. The highest BCUT2D eigenvalue weighted by atomic mass is 32.2. The summed E-state index contributed by atoms with van der Waals surface area (Å²) in [7, 11) is -3.85. The van der Waals surface area contributed by atoms with Gasteiger partial charge in [-0.2, -0.15) is 4.72 Å². The molecule has 1 atom stereocenters. The molecule has 0 radical (unpaired) electrons. The Labute approximate surface area is 177 Å². The number of rotatable bonds is 7. The van der Waals surface area contributed by atoms with Crippen LogP contribution < -0.4 is 9.46 Å². The molecule has 0 fully saturated rings. The SMILES string of the molecule is CCOc1ccc(S(=O)(=O)NC2C=C(Sc3nc[nH]n3)C(=O)c3ccccc32)cc1. The number of hydrogen-bond acceptors (Lipinski definition) is 7. The minimum atomic E-state index is -3.85. The molecular weight excluding hydrogens is 424 g/mol. The Bertz CT molecular complexity index is 1190. The number of ether oxygens (including phenoxy) is 1. The zero-order valence-corrected chi connectivity index (χ0v) is 17.5. The summed E-state index contributed by atoms with van der Waals surface area (Å²) < 4.78 is 34.0. The molecule has 10 heteroatoms. The fourth-order valence-electron chi connectivity index (χ4n) is 3.06. The van der Waals surface area contributed by atoms with Crippen LogP contribution in [0.4, 0.5) is 0 Å². The second-order valence-electron chi connectivity index (χ2n) is 6.33. The first-order valence-electron chi connectivity index (χ1n) is 9.12. The molecule has 4 rings (SSSR count). The maximum atomic E-state index is 13.0. The highest BCUT2D eigenvalue weighted by Gasteiger charge is 2.30. The Kier molecular flexibility index (Phi) is 5.71. The van der Waals surface area contributed by atoms with Gasteiger partial charge in [-0.05, 0) is 54.6 Å². The average molecular weight is 443 g/mol. The predicted molar refractivity (Wildman–Crippen MR) is 112 cm³/mol. The van der Waals surface area contributed by atoms with Gasteiger partial charge in [0, 0.05) is 5.56 Å². The molecule has 8 nitrogen and oxygen atoms in total. The zero-order valence-electron chi connectivity index (χ0n) is 15.9. The minimum absolute atomic E-state index is 0.108. The van der Waals surface area contributed by atoms with Crippen LogP contribution >= 0.6 is 11.8 Å². The van der Waals surface area contributed by atoms with Gasteiger partial charge in [0.1, 0.15) is 12.1 Å². The average Bonchev–Trinajstić information content (AvgIpc) is 3.25. The molecule has 2 N–H and O–H groups in total. The molecule has 154 valence electrons. The molecule has 1 aliphatic rings. The lowest BCUT2D eigenvalue weighted by Gasteiger charge is -2.24. The Morgan fingerprint density at radius 2 is 1.93 bits per heavy atom. The van der Waals surface area contributed by atoms with E-state index in [0.29, 0.717) is 33.5 Å². The first-order chi connectivity index (χ1) is 14.5. The second kappa shape index (κ2) is 8.42. The molecule has 30 heavy (non-hydrogen) atoms. The number of Topliss-reactive ketones (excluding diaryl/α,β-unsaturated/α-hetero) is 1. The lowest BCUT2D eigenvalue weighted by molar-refractivity contribution is 0.103. The summed E-state index contributed by atoms with van der Waals surface area (Å²) in [5.41, 5.74) is 1.04. The molecule has 0 amide bonds. The van der Waals surface area contributed by atoms with Gasteiger partial charge in [-0.1, -0.05) is 24.3 Å². The van der Waals surface area contributed by atoms with Crippen molar-refractivity contribution in [3.05, 3.63) is 77.0 Å². The van der Waals surface area contributed by atoms with Crippen LogP contribution in [0.5, 0.6) is 5.75 Å². The predicted octanol–water partition coefficient (Wildman–Crippen LogP) is 3.10. The third-order valence-electron chi connectivity index (χ3n) is 4.40. The summed E-state index contributed by atoms with van der Waals surface area (Å²) in [4.78, 5) is 17.4. The normalized spacial score (nSPS) is 16.1. The molecule has 3 aromatic rings. The zero-order chi connectivity index (χ0) is 21.1. The van der Waals surface area contributed by atoms with Gasteiger partial charge >= 0.3 is 0 Å². The maximum absolute atomic E-state index is 13.0. The van der Waals surface area contributed by atoms with E-state index >= 15 is 0 Å². The Morgan fingerprint density at radius 3 is 2.63 bits per heavy atom. The first kappa shape index (κ1) is 20.3. The summed E-state index contributed by atoms with van der Waals surface area (Å²) in [5.74, 6) is 0.395. The summed E-state index contributed by atoms with van der Waals surface area (Å²) in [6.07, 6.45) is 3.01. The fourth-order valence-corrected chi connectivity index (χ4v) is 5.03. The third kappa shape index (κ3) is 4.16. The lowest BCUT2D eigenvalue weighted by atomic mass is 9.92. The van der Waals surface area contributed by atoms with Crippen LogP contribution in [0.1, 0.15) is 28.9 Å². The van der Waals surface area contributed by atoms with Crippen molar-refractivity contribution >= 4 is 27.6 Å². The number of hydrogen-bond donors (Lipinski definition) is 2. The topological polar surface area (TPSA) is 114 Å². The Morgan fingerprint density at radius 1 is 1.17 bits per heavy atom. The van der Waals surface area contributed by atoms with Gasteiger partial charge in [-0.25, -0.2) is 13.4 Å². The number of nitrogens with one attached hydrogen (secondary N) is 2. The van der Waals surface area contributed by atoms with Crippen molar-refractivity contribution in [1.29, 1.82) is 0 Å². The molecule has 1 heterocycles. The van der Waals surface area contributed by atoms with Gasteiger partial charge in [-0.15, -0.1) is 5.10 Å². The molecule has 0 aliphatic heterocycles. The van der Waals surface area contributed by atoms with Crippen LogP contribution in [0.2, 0.25) is 0 Å². The molecule has 0 saturated carbocycles. The van der Waals surface area contributed by atoms with E-state index in [-0.39, 0.29) is 10.7 Å². The number of allylic oxidation sites excluding steroid dienone is 1. The summed E-state index contributed by atoms with van der Waals surface area (Å²) >= 11 is 1.08. The van der Waals surface area contributed by atoms with E-state index in [1.807, 2.05) is 6.92 Å². The van der Waals surface area contributed by atoms with Gasteiger partial charge in [0.05, 0.1) is 22.4 Å².